The van der Waals surface area contributed by atoms with Gasteiger partial charge in [0.05, 0.1) is 4.90 Å². The van der Waals surface area contributed by atoms with Crippen LogP contribution in [0.3, 0.4) is 0 Å². The summed E-state index contributed by atoms with van der Waals surface area (Å²) in [6.45, 7) is 2.46. The van der Waals surface area contributed by atoms with Crippen LogP contribution >= 0.6 is 15.9 Å². The van der Waals surface area contributed by atoms with Crippen molar-refractivity contribution in [1.82, 2.24) is 4.72 Å². The maximum absolute atomic E-state index is 12.9. The Morgan fingerprint density at radius 2 is 2.17 bits per heavy atom. The van der Waals surface area contributed by atoms with E-state index in [0.29, 0.717) is 12.5 Å². The summed E-state index contributed by atoms with van der Waals surface area (Å²) in [5.41, 5.74) is 0. The molecule has 0 saturated carbocycles. The predicted molar refractivity (Wildman–Crippen MR) is 73.8 cm³/mol. The Labute approximate surface area is 116 Å². The van der Waals surface area contributed by atoms with Crippen LogP contribution in [0.5, 0.6) is 0 Å². The highest BCUT2D eigenvalue weighted by Crippen LogP contribution is 2.11. The van der Waals surface area contributed by atoms with Crippen LogP contribution < -0.4 is 4.72 Å². The van der Waals surface area contributed by atoms with Gasteiger partial charge < -0.3 is 0 Å². The first kappa shape index (κ1) is 15.6. The highest BCUT2D eigenvalue weighted by molar-refractivity contribution is 9.09. The van der Waals surface area contributed by atoms with Gasteiger partial charge in [0.2, 0.25) is 10.0 Å². The molecule has 0 spiro atoms. The third-order valence-electron chi connectivity index (χ3n) is 2.54. The van der Waals surface area contributed by atoms with Crippen LogP contribution in [0.1, 0.15) is 19.8 Å². The van der Waals surface area contributed by atoms with E-state index >= 15 is 0 Å². The molecule has 0 amide bonds. The molecule has 0 aliphatic carbocycles. The summed E-state index contributed by atoms with van der Waals surface area (Å²) in [6, 6.07) is 5.00. The van der Waals surface area contributed by atoms with Crippen LogP contribution in [0.4, 0.5) is 4.39 Å². The van der Waals surface area contributed by atoms with Crippen LogP contribution in [0.2, 0.25) is 0 Å². The fourth-order valence-electron chi connectivity index (χ4n) is 1.45. The minimum absolute atomic E-state index is 0.0314. The molecule has 0 bridgehead atoms. The zero-order valence-corrected chi connectivity index (χ0v) is 12.6. The molecular formula is C12H17BrFNO2S. The maximum Gasteiger partial charge on any atom is 0.240 e. The molecule has 0 fully saturated rings. The lowest BCUT2D eigenvalue weighted by Gasteiger charge is -2.09. The van der Waals surface area contributed by atoms with Crippen LogP contribution in [0, 0.1) is 11.7 Å². The average molecular weight is 338 g/mol. The van der Waals surface area contributed by atoms with Gasteiger partial charge in [-0.3, -0.25) is 0 Å². The van der Waals surface area contributed by atoms with Gasteiger partial charge >= 0.3 is 0 Å². The highest BCUT2D eigenvalue weighted by Gasteiger charge is 2.13. The van der Waals surface area contributed by atoms with E-state index in [0.717, 1.165) is 24.2 Å². The standard InChI is InChI=1S/C12H17BrFNO2S/c1-10(9-13)4-3-7-15-18(16,17)12-6-2-5-11(14)8-12/h2,5-6,8,10,15H,3-4,7,9H2,1H3. The maximum atomic E-state index is 12.9. The first-order valence-corrected chi connectivity index (χ1v) is 8.37. The monoisotopic (exact) mass is 337 g/mol. The quantitative estimate of drug-likeness (QED) is 0.614. The second kappa shape index (κ2) is 7.21. The van der Waals surface area contributed by atoms with E-state index in [-0.39, 0.29) is 4.90 Å². The van der Waals surface area contributed by atoms with Gasteiger partial charge in [0.1, 0.15) is 5.82 Å². The topological polar surface area (TPSA) is 46.2 Å². The number of alkyl halides is 1. The molecule has 18 heavy (non-hydrogen) atoms. The van der Waals surface area contributed by atoms with Gasteiger partial charge in [0, 0.05) is 11.9 Å². The molecule has 0 heterocycles. The summed E-state index contributed by atoms with van der Waals surface area (Å²) in [6.07, 6.45) is 1.71. The second-order valence-corrected chi connectivity index (χ2v) is 6.67. The fraction of sp³-hybridized carbons (Fsp3) is 0.500. The molecule has 0 aliphatic rings. The largest absolute Gasteiger partial charge is 0.240 e. The van der Waals surface area contributed by atoms with Gasteiger partial charge in [-0.1, -0.05) is 28.9 Å². The first-order chi connectivity index (χ1) is 8.45. The van der Waals surface area contributed by atoms with Crippen molar-refractivity contribution in [3.8, 4) is 0 Å². The van der Waals surface area contributed by atoms with Crippen molar-refractivity contribution < 1.29 is 12.8 Å². The minimum Gasteiger partial charge on any atom is -0.211 e. The van der Waals surface area contributed by atoms with Gasteiger partial charge in [-0.15, -0.1) is 0 Å². The summed E-state index contributed by atoms with van der Waals surface area (Å²) in [7, 11) is -3.59. The zero-order valence-electron chi connectivity index (χ0n) is 10.2. The molecule has 0 aromatic heterocycles. The van der Waals surface area contributed by atoms with E-state index in [1.165, 1.54) is 18.2 Å². The highest BCUT2D eigenvalue weighted by atomic mass is 79.9. The third-order valence-corrected chi connectivity index (χ3v) is 5.10. The Bertz CT molecular complexity index is 479. The Morgan fingerprint density at radius 3 is 2.78 bits per heavy atom. The number of sulfonamides is 1. The van der Waals surface area contributed by atoms with E-state index in [9.17, 15) is 12.8 Å². The summed E-state index contributed by atoms with van der Waals surface area (Å²) in [4.78, 5) is -0.0314. The van der Waals surface area contributed by atoms with Gasteiger partial charge in [-0.05, 0) is 37.0 Å². The molecule has 0 aliphatic heterocycles. The van der Waals surface area contributed by atoms with Crippen molar-refractivity contribution in [1.29, 1.82) is 0 Å². The molecule has 1 aromatic carbocycles. The van der Waals surface area contributed by atoms with Crippen molar-refractivity contribution in [3.05, 3.63) is 30.1 Å². The minimum atomic E-state index is -3.59. The van der Waals surface area contributed by atoms with Crippen molar-refractivity contribution in [2.45, 2.75) is 24.7 Å². The summed E-state index contributed by atoms with van der Waals surface area (Å²) < 4.78 is 39.0. The smallest absolute Gasteiger partial charge is 0.211 e. The Balaban J connectivity index is 2.51. The molecular weight excluding hydrogens is 321 g/mol. The zero-order chi connectivity index (χ0) is 13.6. The lowest BCUT2D eigenvalue weighted by Crippen LogP contribution is -2.25. The SMILES string of the molecule is CC(CBr)CCCNS(=O)(=O)c1cccc(F)c1. The van der Waals surface area contributed by atoms with Crippen LogP contribution in [-0.2, 0) is 10.0 Å². The van der Waals surface area contributed by atoms with Crippen molar-refractivity contribution in [2.75, 3.05) is 11.9 Å². The molecule has 6 heteroatoms. The lowest BCUT2D eigenvalue weighted by molar-refractivity contribution is 0.546. The van der Waals surface area contributed by atoms with Crippen LogP contribution in [-0.4, -0.2) is 20.3 Å². The van der Waals surface area contributed by atoms with E-state index in [4.69, 9.17) is 0 Å². The van der Waals surface area contributed by atoms with Crippen molar-refractivity contribution >= 4 is 26.0 Å². The van der Waals surface area contributed by atoms with E-state index in [1.807, 2.05) is 0 Å². The van der Waals surface area contributed by atoms with E-state index in [1.54, 1.807) is 0 Å². The van der Waals surface area contributed by atoms with Gasteiger partial charge in [-0.25, -0.2) is 17.5 Å². The molecule has 1 N–H and O–H groups in total. The summed E-state index contributed by atoms with van der Waals surface area (Å²) in [5.74, 6) is -0.0329. The predicted octanol–water partition coefficient (Wildman–Crippen LogP) is 2.92. The molecule has 1 atom stereocenters. The van der Waals surface area contributed by atoms with E-state index in [2.05, 4.69) is 27.6 Å². The number of rotatable bonds is 7. The number of hydrogen-bond acceptors (Lipinski definition) is 2. The van der Waals surface area contributed by atoms with E-state index < -0.39 is 15.8 Å². The number of hydrogen-bond donors (Lipinski definition) is 1. The summed E-state index contributed by atoms with van der Waals surface area (Å²) >= 11 is 3.37. The fourth-order valence-corrected chi connectivity index (χ4v) is 2.88. The van der Waals surface area contributed by atoms with Crippen LogP contribution in [0.25, 0.3) is 0 Å². The molecule has 1 unspecified atom stereocenters. The number of halogens is 2. The number of nitrogens with one attached hydrogen (secondary N) is 1. The summed E-state index contributed by atoms with van der Waals surface area (Å²) in [5, 5.41) is 0.906. The third kappa shape index (κ3) is 5.04. The normalized spacial score (nSPS) is 13.5. The Morgan fingerprint density at radius 1 is 1.44 bits per heavy atom. The molecule has 1 aromatic rings. The van der Waals surface area contributed by atoms with Crippen molar-refractivity contribution in [3.63, 3.8) is 0 Å². The average Bonchev–Trinajstić information content (AvgIpc) is 2.34. The molecule has 0 saturated heterocycles. The second-order valence-electron chi connectivity index (χ2n) is 4.26. The molecule has 3 nitrogen and oxygen atoms in total. The van der Waals surface area contributed by atoms with Crippen LogP contribution in [0.15, 0.2) is 29.2 Å². The van der Waals surface area contributed by atoms with Gasteiger partial charge in [-0.2, -0.15) is 0 Å². The van der Waals surface area contributed by atoms with Crippen molar-refractivity contribution in [2.24, 2.45) is 5.92 Å². The molecule has 1 rings (SSSR count). The first-order valence-electron chi connectivity index (χ1n) is 5.77. The molecule has 102 valence electrons. The Kier molecular flexibility index (Phi) is 6.25. The van der Waals surface area contributed by atoms with Gasteiger partial charge in [0.25, 0.3) is 0 Å². The number of benzene rings is 1. The lowest BCUT2D eigenvalue weighted by atomic mass is 10.1. The Hall–Kier alpha value is -0.460. The molecule has 0 radical (unpaired) electrons. The van der Waals surface area contributed by atoms with Gasteiger partial charge in [0.15, 0.2) is 0 Å².